The number of hydrogen-bond acceptors (Lipinski definition) is 1. The molecule has 0 aliphatic rings. The van der Waals surface area contributed by atoms with E-state index in [1.165, 1.54) is 87.1 Å². The van der Waals surface area contributed by atoms with Crippen LogP contribution in [-0.2, 0) is 0 Å². The number of rotatable bonds is 4. The summed E-state index contributed by atoms with van der Waals surface area (Å²) >= 11 is 0. The number of aromatic nitrogens is 3. The lowest BCUT2D eigenvalue weighted by Crippen LogP contribution is -1.98. The minimum Gasteiger partial charge on any atom is -0.309 e. The van der Waals surface area contributed by atoms with Crippen molar-refractivity contribution in [1.29, 1.82) is 0 Å². The van der Waals surface area contributed by atoms with Crippen molar-refractivity contribution in [3.8, 4) is 33.8 Å². The van der Waals surface area contributed by atoms with Gasteiger partial charge < -0.3 is 4.57 Å². The molecular formula is C53H33N3. The van der Waals surface area contributed by atoms with Crippen LogP contribution in [0.25, 0.3) is 110 Å². The van der Waals surface area contributed by atoms with Gasteiger partial charge in [-0.3, -0.25) is 4.57 Å². The Labute approximate surface area is 322 Å². The summed E-state index contributed by atoms with van der Waals surface area (Å²) in [5, 5.41) is 12.2. The van der Waals surface area contributed by atoms with E-state index in [2.05, 4.69) is 209 Å². The van der Waals surface area contributed by atoms with Crippen molar-refractivity contribution in [2.45, 2.75) is 0 Å². The Hall–Kier alpha value is -7.49. The second kappa shape index (κ2) is 12.0. The number of hydrogen-bond donors (Lipinski definition) is 0. The second-order valence-electron chi connectivity index (χ2n) is 14.8. The number of benzene rings is 9. The zero-order valence-electron chi connectivity index (χ0n) is 30.4. The van der Waals surface area contributed by atoms with E-state index in [4.69, 9.17) is 4.98 Å². The number of para-hydroxylation sites is 2. The summed E-state index contributed by atoms with van der Waals surface area (Å²) in [6.07, 6.45) is 2.08. The lowest BCUT2D eigenvalue weighted by atomic mass is 9.95. The predicted molar refractivity (Wildman–Crippen MR) is 236 cm³/mol. The van der Waals surface area contributed by atoms with Gasteiger partial charge in [-0.2, -0.15) is 0 Å². The quantitative estimate of drug-likeness (QED) is 0.167. The Morgan fingerprint density at radius 3 is 1.38 bits per heavy atom. The Morgan fingerprint density at radius 2 is 0.732 bits per heavy atom. The van der Waals surface area contributed by atoms with Crippen LogP contribution in [0.1, 0.15) is 0 Å². The van der Waals surface area contributed by atoms with Crippen LogP contribution in [0, 0.1) is 0 Å². The maximum absolute atomic E-state index is 5.22. The first-order chi connectivity index (χ1) is 27.8. The average molecular weight is 712 g/mol. The summed E-state index contributed by atoms with van der Waals surface area (Å²) in [5.74, 6) is 0.915. The molecule has 260 valence electrons. The molecule has 12 rings (SSSR count). The van der Waals surface area contributed by atoms with Crippen LogP contribution in [0.5, 0.6) is 0 Å². The molecule has 0 N–H and O–H groups in total. The van der Waals surface area contributed by atoms with Crippen molar-refractivity contribution >= 4 is 75.9 Å². The maximum Gasteiger partial charge on any atom is 0.138 e. The van der Waals surface area contributed by atoms with Gasteiger partial charge in [0.15, 0.2) is 0 Å². The van der Waals surface area contributed by atoms with E-state index in [1.807, 2.05) is 0 Å². The van der Waals surface area contributed by atoms with E-state index >= 15 is 0 Å². The highest BCUT2D eigenvalue weighted by atomic mass is 15.1. The molecule has 0 unspecified atom stereocenters. The fourth-order valence-corrected chi connectivity index (χ4v) is 9.18. The molecule has 0 atom stereocenters. The average Bonchev–Trinajstić information content (AvgIpc) is 3.78. The zero-order chi connectivity index (χ0) is 36.7. The van der Waals surface area contributed by atoms with Gasteiger partial charge in [0.05, 0.1) is 22.1 Å². The molecule has 3 aromatic heterocycles. The van der Waals surface area contributed by atoms with Gasteiger partial charge in [0.1, 0.15) is 5.82 Å². The SMILES string of the molecule is c1ccc(-c2ccc(-c3cccc(-n4c5ccccc5c5cc6c(cc54)c4ccccc4n6-c4cc5c6ccccc6c6ccccc6c5cn4)c3)cc2)cc1. The summed E-state index contributed by atoms with van der Waals surface area (Å²) in [7, 11) is 0. The van der Waals surface area contributed by atoms with Crippen molar-refractivity contribution in [2.24, 2.45) is 0 Å². The predicted octanol–water partition coefficient (Wildman–Crippen LogP) is 14.1. The first-order valence-corrected chi connectivity index (χ1v) is 19.2. The standard InChI is InChI=1S/C53H33N3/c1-2-13-34(14-3-1)35-25-27-36(28-26-35)37-15-12-16-38(29-37)55-49-23-10-8-21-43(49)46-31-52-47(30-51(46)55)44-22-9-11-24-50(44)56(52)53-32-45-41-19-6-4-17-39(41)40-18-5-7-20-42(40)48(45)33-54-53/h1-33H. The molecule has 0 spiro atoms. The molecule has 0 bridgehead atoms. The van der Waals surface area contributed by atoms with Crippen molar-refractivity contribution < 1.29 is 0 Å². The third-order valence-corrected chi connectivity index (χ3v) is 11.7. The van der Waals surface area contributed by atoms with E-state index in [9.17, 15) is 0 Å². The van der Waals surface area contributed by atoms with Gasteiger partial charge in [-0.1, -0.05) is 152 Å². The summed E-state index contributed by atoms with van der Waals surface area (Å²) in [6, 6.07) is 70.5. The molecule has 3 nitrogen and oxygen atoms in total. The van der Waals surface area contributed by atoms with E-state index in [-0.39, 0.29) is 0 Å². The largest absolute Gasteiger partial charge is 0.309 e. The molecule has 0 aliphatic heterocycles. The van der Waals surface area contributed by atoms with Crippen LogP contribution in [0.3, 0.4) is 0 Å². The fourth-order valence-electron chi connectivity index (χ4n) is 9.18. The van der Waals surface area contributed by atoms with Crippen LogP contribution in [0.15, 0.2) is 200 Å². The lowest BCUT2D eigenvalue weighted by Gasteiger charge is -2.13. The second-order valence-corrected chi connectivity index (χ2v) is 14.8. The highest BCUT2D eigenvalue weighted by Gasteiger charge is 2.20. The van der Waals surface area contributed by atoms with Gasteiger partial charge >= 0.3 is 0 Å². The summed E-state index contributed by atoms with van der Waals surface area (Å²) in [4.78, 5) is 5.22. The Morgan fingerprint density at radius 1 is 0.268 bits per heavy atom. The molecule has 0 aliphatic carbocycles. The zero-order valence-corrected chi connectivity index (χ0v) is 30.4. The number of nitrogens with zero attached hydrogens (tertiary/aromatic N) is 3. The van der Waals surface area contributed by atoms with Gasteiger partial charge in [-0.05, 0) is 91.6 Å². The minimum absolute atomic E-state index is 0.915. The first-order valence-electron chi connectivity index (χ1n) is 19.2. The molecule has 0 saturated heterocycles. The highest BCUT2D eigenvalue weighted by molar-refractivity contribution is 6.25. The van der Waals surface area contributed by atoms with Gasteiger partial charge in [0.25, 0.3) is 0 Å². The molecule has 9 aromatic carbocycles. The third-order valence-electron chi connectivity index (χ3n) is 11.7. The molecule has 12 aromatic rings. The summed E-state index contributed by atoms with van der Waals surface area (Å²) < 4.78 is 4.79. The van der Waals surface area contributed by atoms with E-state index in [1.54, 1.807) is 0 Å². The van der Waals surface area contributed by atoms with Gasteiger partial charge in [-0.15, -0.1) is 0 Å². The highest BCUT2D eigenvalue weighted by Crippen LogP contribution is 2.41. The topological polar surface area (TPSA) is 22.8 Å². The molecule has 56 heavy (non-hydrogen) atoms. The van der Waals surface area contributed by atoms with Gasteiger partial charge in [0.2, 0.25) is 0 Å². The lowest BCUT2D eigenvalue weighted by molar-refractivity contribution is 1.09. The van der Waals surface area contributed by atoms with Crippen LogP contribution in [0.4, 0.5) is 0 Å². The smallest absolute Gasteiger partial charge is 0.138 e. The monoisotopic (exact) mass is 711 g/mol. The normalized spacial score (nSPS) is 11.9. The molecule has 0 fully saturated rings. The van der Waals surface area contributed by atoms with Crippen LogP contribution >= 0.6 is 0 Å². The Kier molecular flexibility index (Phi) is 6.63. The fraction of sp³-hybridized carbons (Fsp3) is 0. The van der Waals surface area contributed by atoms with Crippen LogP contribution in [0.2, 0.25) is 0 Å². The van der Waals surface area contributed by atoms with Crippen molar-refractivity contribution in [2.75, 3.05) is 0 Å². The first kappa shape index (κ1) is 30.9. The molecular weight excluding hydrogens is 679 g/mol. The summed E-state index contributed by atoms with van der Waals surface area (Å²) in [5.41, 5.74) is 10.6. The van der Waals surface area contributed by atoms with Crippen LogP contribution < -0.4 is 0 Å². The molecule has 0 saturated carbocycles. The van der Waals surface area contributed by atoms with Crippen molar-refractivity contribution in [3.63, 3.8) is 0 Å². The van der Waals surface area contributed by atoms with Crippen molar-refractivity contribution in [3.05, 3.63) is 200 Å². The molecule has 0 radical (unpaired) electrons. The van der Waals surface area contributed by atoms with E-state index in [0.29, 0.717) is 0 Å². The molecule has 3 heteroatoms. The molecule has 3 heterocycles. The third kappa shape index (κ3) is 4.55. The minimum atomic E-state index is 0.915. The maximum atomic E-state index is 5.22. The Bertz CT molecular complexity index is 3480. The van der Waals surface area contributed by atoms with Crippen LogP contribution in [-0.4, -0.2) is 14.1 Å². The van der Waals surface area contributed by atoms with Gasteiger partial charge in [0, 0.05) is 38.8 Å². The van der Waals surface area contributed by atoms with Gasteiger partial charge in [-0.25, -0.2) is 4.98 Å². The van der Waals surface area contributed by atoms with E-state index < -0.39 is 0 Å². The number of fused-ring (bicyclic) bond motifs is 12. The number of pyridine rings is 1. The van der Waals surface area contributed by atoms with Crippen molar-refractivity contribution in [1.82, 2.24) is 14.1 Å². The summed E-state index contributed by atoms with van der Waals surface area (Å²) in [6.45, 7) is 0. The van der Waals surface area contributed by atoms with E-state index in [0.717, 1.165) is 22.5 Å². The molecule has 0 amide bonds. The Balaban J connectivity index is 1.08.